The van der Waals surface area contributed by atoms with Crippen molar-refractivity contribution in [2.75, 3.05) is 17.6 Å². The normalized spacial score (nSPS) is 9.92. The van der Waals surface area contributed by atoms with E-state index < -0.39 is 5.69 Å². The van der Waals surface area contributed by atoms with E-state index in [4.69, 9.17) is 5.73 Å². The first-order valence-corrected chi connectivity index (χ1v) is 4.33. The molecule has 5 heteroatoms. The van der Waals surface area contributed by atoms with Crippen LogP contribution in [0.5, 0.6) is 0 Å². The molecule has 13 heavy (non-hydrogen) atoms. The summed E-state index contributed by atoms with van der Waals surface area (Å²) >= 11 is 0. The van der Waals surface area contributed by atoms with Crippen molar-refractivity contribution in [2.24, 2.45) is 0 Å². The van der Waals surface area contributed by atoms with Gasteiger partial charge in [-0.1, -0.05) is 13.3 Å². The molecule has 1 rings (SSSR count). The number of nitrogen functional groups attached to an aromatic ring is 1. The second-order valence-electron chi connectivity index (χ2n) is 2.81. The van der Waals surface area contributed by atoms with E-state index in [0.29, 0.717) is 11.6 Å². The standard InChI is InChI=1S/C8H14N4O/c1-2-3-4-10-7-5-6(9)11-8(13)12-7/h5H,2-4H2,1H3,(H4,9,10,11,12,13). The molecule has 0 aliphatic carbocycles. The number of hydrogen-bond donors (Lipinski definition) is 3. The third kappa shape index (κ3) is 3.14. The zero-order chi connectivity index (χ0) is 9.68. The highest BCUT2D eigenvalue weighted by Gasteiger charge is 1.95. The van der Waals surface area contributed by atoms with Gasteiger partial charge >= 0.3 is 5.69 Å². The van der Waals surface area contributed by atoms with Crippen LogP contribution in [0, 0.1) is 0 Å². The zero-order valence-electron chi connectivity index (χ0n) is 7.63. The highest BCUT2D eigenvalue weighted by Crippen LogP contribution is 2.02. The van der Waals surface area contributed by atoms with Crippen molar-refractivity contribution in [2.45, 2.75) is 19.8 Å². The monoisotopic (exact) mass is 182 g/mol. The van der Waals surface area contributed by atoms with Crippen LogP contribution in [0.15, 0.2) is 10.9 Å². The lowest BCUT2D eigenvalue weighted by Crippen LogP contribution is -2.15. The highest BCUT2D eigenvalue weighted by molar-refractivity contribution is 5.42. The molecule has 0 aliphatic heterocycles. The van der Waals surface area contributed by atoms with Crippen LogP contribution in [-0.2, 0) is 0 Å². The van der Waals surface area contributed by atoms with Crippen LogP contribution in [0.3, 0.4) is 0 Å². The highest BCUT2D eigenvalue weighted by atomic mass is 16.1. The molecule has 0 unspecified atom stereocenters. The summed E-state index contributed by atoms with van der Waals surface area (Å²) in [7, 11) is 0. The second kappa shape index (κ2) is 4.49. The predicted molar refractivity (Wildman–Crippen MR) is 52.7 cm³/mol. The number of aromatic amines is 1. The van der Waals surface area contributed by atoms with Crippen molar-refractivity contribution in [1.82, 2.24) is 9.97 Å². The molecule has 0 aromatic carbocycles. The molecule has 0 amide bonds. The molecule has 1 heterocycles. The molecular formula is C8H14N4O. The minimum absolute atomic E-state index is 0.332. The van der Waals surface area contributed by atoms with Crippen LogP contribution in [0.2, 0.25) is 0 Å². The van der Waals surface area contributed by atoms with Crippen LogP contribution in [-0.4, -0.2) is 16.5 Å². The van der Waals surface area contributed by atoms with E-state index in [1.807, 2.05) is 0 Å². The Hall–Kier alpha value is -1.52. The first kappa shape index (κ1) is 9.57. The molecule has 0 atom stereocenters. The fourth-order valence-corrected chi connectivity index (χ4v) is 0.960. The van der Waals surface area contributed by atoms with E-state index >= 15 is 0 Å². The van der Waals surface area contributed by atoms with E-state index in [1.165, 1.54) is 0 Å². The van der Waals surface area contributed by atoms with Crippen LogP contribution in [0.25, 0.3) is 0 Å². The molecule has 0 bridgehead atoms. The van der Waals surface area contributed by atoms with Gasteiger partial charge in [0.25, 0.3) is 0 Å². The molecule has 0 saturated heterocycles. The van der Waals surface area contributed by atoms with Crippen LogP contribution >= 0.6 is 0 Å². The number of unbranched alkanes of at least 4 members (excludes halogenated alkanes) is 1. The number of nitrogens with one attached hydrogen (secondary N) is 2. The van der Waals surface area contributed by atoms with Crippen LogP contribution in [0.1, 0.15) is 19.8 Å². The number of H-pyrrole nitrogens is 1. The van der Waals surface area contributed by atoms with Gasteiger partial charge < -0.3 is 11.1 Å². The number of hydrogen-bond acceptors (Lipinski definition) is 4. The largest absolute Gasteiger partial charge is 0.385 e. The summed E-state index contributed by atoms with van der Waals surface area (Å²) in [6.07, 6.45) is 2.15. The van der Waals surface area contributed by atoms with E-state index in [1.54, 1.807) is 6.07 Å². The molecule has 1 aromatic heterocycles. The fraction of sp³-hybridized carbons (Fsp3) is 0.500. The van der Waals surface area contributed by atoms with E-state index in [-0.39, 0.29) is 0 Å². The van der Waals surface area contributed by atoms with Crippen LogP contribution < -0.4 is 16.7 Å². The number of anilines is 2. The third-order valence-electron chi connectivity index (χ3n) is 1.60. The van der Waals surface area contributed by atoms with Crippen LogP contribution in [0.4, 0.5) is 11.6 Å². The molecule has 0 saturated carbocycles. The zero-order valence-corrected chi connectivity index (χ0v) is 7.63. The Morgan fingerprint density at radius 2 is 2.46 bits per heavy atom. The van der Waals surface area contributed by atoms with Crippen molar-refractivity contribution in [3.63, 3.8) is 0 Å². The minimum atomic E-state index is -0.418. The lowest BCUT2D eigenvalue weighted by molar-refractivity contribution is 0.829. The fourth-order valence-electron chi connectivity index (χ4n) is 0.960. The maximum absolute atomic E-state index is 10.9. The summed E-state index contributed by atoms with van der Waals surface area (Å²) in [5.41, 5.74) is 5.01. The molecule has 0 fully saturated rings. The molecule has 4 N–H and O–H groups in total. The first-order valence-electron chi connectivity index (χ1n) is 4.33. The van der Waals surface area contributed by atoms with Gasteiger partial charge in [0.1, 0.15) is 11.6 Å². The molecule has 0 aliphatic rings. The van der Waals surface area contributed by atoms with Gasteiger partial charge in [0.15, 0.2) is 0 Å². The Balaban J connectivity index is 2.61. The van der Waals surface area contributed by atoms with Gasteiger partial charge in [0, 0.05) is 12.6 Å². The van der Waals surface area contributed by atoms with E-state index in [0.717, 1.165) is 19.4 Å². The van der Waals surface area contributed by atoms with E-state index in [9.17, 15) is 4.79 Å². The average molecular weight is 182 g/mol. The third-order valence-corrected chi connectivity index (χ3v) is 1.60. The first-order chi connectivity index (χ1) is 6.22. The van der Waals surface area contributed by atoms with Gasteiger partial charge in [-0.2, -0.15) is 4.98 Å². The molecule has 1 aromatic rings. The maximum Gasteiger partial charge on any atom is 0.348 e. The topological polar surface area (TPSA) is 83.8 Å². The molecule has 0 radical (unpaired) electrons. The predicted octanol–water partition coefficient (Wildman–Crippen LogP) is 0.564. The number of rotatable bonds is 4. The molecule has 5 nitrogen and oxygen atoms in total. The number of aromatic nitrogens is 2. The van der Waals surface area contributed by atoms with Crippen molar-refractivity contribution >= 4 is 11.6 Å². The Morgan fingerprint density at radius 3 is 3.08 bits per heavy atom. The summed E-state index contributed by atoms with van der Waals surface area (Å²) < 4.78 is 0. The Labute approximate surface area is 76.4 Å². The lowest BCUT2D eigenvalue weighted by atomic mass is 10.3. The van der Waals surface area contributed by atoms with Gasteiger partial charge in [0.05, 0.1) is 0 Å². The summed E-state index contributed by atoms with van der Waals surface area (Å²) in [4.78, 5) is 16.9. The maximum atomic E-state index is 10.9. The quantitative estimate of drug-likeness (QED) is 0.594. The smallest absolute Gasteiger partial charge is 0.348 e. The van der Waals surface area contributed by atoms with Crippen molar-refractivity contribution < 1.29 is 0 Å². The Morgan fingerprint density at radius 1 is 1.69 bits per heavy atom. The van der Waals surface area contributed by atoms with E-state index in [2.05, 4.69) is 22.2 Å². The van der Waals surface area contributed by atoms with Gasteiger partial charge in [-0.3, -0.25) is 4.98 Å². The van der Waals surface area contributed by atoms with Crippen molar-refractivity contribution in [3.8, 4) is 0 Å². The van der Waals surface area contributed by atoms with Crippen molar-refractivity contribution in [3.05, 3.63) is 16.6 Å². The number of nitrogens with two attached hydrogens (primary N) is 1. The molecule has 0 spiro atoms. The van der Waals surface area contributed by atoms with Gasteiger partial charge in [0.2, 0.25) is 0 Å². The Kier molecular flexibility index (Phi) is 3.31. The average Bonchev–Trinajstić information content (AvgIpc) is 2.03. The summed E-state index contributed by atoms with van der Waals surface area (Å²) in [5.74, 6) is 0.869. The number of nitrogens with zero attached hydrogens (tertiary/aromatic N) is 1. The lowest BCUT2D eigenvalue weighted by Gasteiger charge is -2.03. The minimum Gasteiger partial charge on any atom is -0.385 e. The SMILES string of the molecule is CCCCNc1cc(N)[nH]c(=O)n1. The molecule has 72 valence electrons. The van der Waals surface area contributed by atoms with Crippen molar-refractivity contribution in [1.29, 1.82) is 0 Å². The summed E-state index contributed by atoms with van der Waals surface area (Å²) in [6.45, 7) is 2.91. The van der Waals surface area contributed by atoms with Gasteiger partial charge in [-0.05, 0) is 6.42 Å². The molecular weight excluding hydrogens is 168 g/mol. The second-order valence-corrected chi connectivity index (χ2v) is 2.81. The summed E-state index contributed by atoms with van der Waals surface area (Å²) in [6, 6.07) is 1.61. The van der Waals surface area contributed by atoms with Gasteiger partial charge in [-0.25, -0.2) is 4.79 Å². The summed E-state index contributed by atoms with van der Waals surface area (Å²) in [5, 5.41) is 3.02. The van der Waals surface area contributed by atoms with Gasteiger partial charge in [-0.15, -0.1) is 0 Å². The Bertz CT molecular complexity index is 320.